The van der Waals surface area contributed by atoms with Crippen molar-refractivity contribution in [1.82, 2.24) is 0 Å². The van der Waals surface area contributed by atoms with Crippen LogP contribution in [0.3, 0.4) is 0 Å². The number of fused-ring (bicyclic) bond motifs is 2. The monoisotopic (exact) mass is 459 g/mol. The van der Waals surface area contributed by atoms with Crippen molar-refractivity contribution in [2.75, 3.05) is 11.5 Å². The summed E-state index contributed by atoms with van der Waals surface area (Å²) >= 11 is 3.55. The molecule has 0 fully saturated rings. The Bertz CT molecular complexity index is 975. The van der Waals surface area contributed by atoms with Crippen LogP contribution < -0.4 is 9.64 Å². The third kappa shape index (κ3) is 4.32. The van der Waals surface area contributed by atoms with Crippen LogP contribution in [-0.4, -0.2) is 24.1 Å². The van der Waals surface area contributed by atoms with E-state index < -0.39 is 11.7 Å². The lowest BCUT2D eigenvalue weighted by molar-refractivity contribution is -0.118. The number of benzene rings is 2. The maximum Gasteiger partial charge on any atom is 0.419 e. The molecule has 1 amide bonds. The van der Waals surface area contributed by atoms with Gasteiger partial charge in [-0.1, -0.05) is 35.8 Å². The number of carbonyl (C=O) groups excluding carboxylic acids is 2. The standard InChI is InChI=1S/C23H26BrNO4/c1-14(26)13-28-16-8-9-17-20(12-16)25(21(27)29-22(2,3)4)19-10-7-15(24)11-18(19)23(17,5)6/h7-12H,13H2,1-6H3. The number of hydrogen-bond donors (Lipinski definition) is 0. The van der Waals surface area contributed by atoms with Crippen LogP contribution in [0.2, 0.25) is 0 Å². The van der Waals surface area contributed by atoms with E-state index in [0.29, 0.717) is 11.4 Å². The molecule has 0 aromatic heterocycles. The minimum atomic E-state index is -0.636. The Morgan fingerprint density at radius 3 is 2.34 bits per heavy atom. The summed E-state index contributed by atoms with van der Waals surface area (Å²) in [6.45, 7) is 11.2. The van der Waals surface area contributed by atoms with Crippen molar-refractivity contribution in [3.8, 4) is 5.75 Å². The van der Waals surface area contributed by atoms with Gasteiger partial charge in [0.1, 0.15) is 18.0 Å². The highest BCUT2D eigenvalue weighted by molar-refractivity contribution is 9.10. The number of carbonyl (C=O) groups is 2. The first-order valence-electron chi connectivity index (χ1n) is 9.50. The molecule has 2 aromatic carbocycles. The number of anilines is 2. The smallest absolute Gasteiger partial charge is 0.419 e. The number of ether oxygens (including phenoxy) is 2. The summed E-state index contributed by atoms with van der Waals surface area (Å²) < 4.78 is 12.3. The van der Waals surface area contributed by atoms with E-state index in [2.05, 4.69) is 29.8 Å². The fourth-order valence-electron chi connectivity index (χ4n) is 3.48. The van der Waals surface area contributed by atoms with Crippen molar-refractivity contribution < 1.29 is 19.1 Å². The number of Topliss-reactive ketones (excluding diaryl/α,β-unsaturated/α-hetero) is 1. The largest absolute Gasteiger partial charge is 0.486 e. The van der Waals surface area contributed by atoms with Crippen molar-refractivity contribution in [3.63, 3.8) is 0 Å². The first-order chi connectivity index (χ1) is 13.4. The molecule has 0 aliphatic carbocycles. The third-order valence-corrected chi connectivity index (χ3v) is 5.27. The first kappa shape index (κ1) is 21.4. The van der Waals surface area contributed by atoms with E-state index >= 15 is 0 Å². The topological polar surface area (TPSA) is 55.8 Å². The zero-order valence-corrected chi connectivity index (χ0v) is 19.2. The highest BCUT2D eigenvalue weighted by Gasteiger charge is 2.40. The molecule has 0 bridgehead atoms. The molecule has 5 nitrogen and oxygen atoms in total. The van der Waals surface area contributed by atoms with E-state index in [1.54, 1.807) is 11.0 Å². The van der Waals surface area contributed by atoms with Gasteiger partial charge in [-0.3, -0.25) is 4.79 Å². The van der Waals surface area contributed by atoms with Crippen molar-refractivity contribution in [1.29, 1.82) is 0 Å². The van der Waals surface area contributed by atoms with Gasteiger partial charge in [0.2, 0.25) is 0 Å². The van der Waals surface area contributed by atoms with Crippen molar-refractivity contribution >= 4 is 39.2 Å². The Morgan fingerprint density at radius 2 is 1.72 bits per heavy atom. The molecule has 2 aromatic rings. The SMILES string of the molecule is CC(=O)COc1ccc2c(c1)N(C(=O)OC(C)(C)C)c1ccc(Br)cc1C2(C)C. The highest BCUT2D eigenvalue weighted by atomic mass is 79.9. The van der Waals surface area contributed by atoms with Crippen LogP contribution in [0.15, 0.2) is 40.9 Å². The van der Waals surface area contributed by atoms with Crippen LogP contribution in [0.5, 0.6) is 5.75 Å². The van der Waals surface area contributed by atoms with Crippen LogP contribution in [0.25, 0.3) is 0 Å². The number of nitrogens with zero attached hydrogens (tertiary/aromatic N) is 1. The summed E-state index contributed by atoms with van der Waals surface area (Å²) in [5, 5.41) is 0. The lowest BCUT2D eigenvalue weighted by atomic mass is 9.73. The van der Waals surface area contributed by atoms with E-state index in [1.807, 2.05) is 51.1 Å². The number of hydrogen-bond acceptors (Lipinski definition) is 4. The second-order valence-electron chi connectivity index (χ2n) is 8.77. The Balaban J connectivity index is 2.18. The van der Waals surface area contributed by atoms with Crippen LogP contribution >= 0.6 is 15.9 Å². The Kier molecular flexibility index (Phi) is 5.52. The van der Waals surface area contributed by atoms with E-state index in [1.165, 1.54) is 6.92 Å². The minimum Gasteiger partial charge on any atom is -0.486 e. The number of rotatable bonds is 3. The quantitative estimate of drug-likeness (QED) is 0.553. The minimum absolute atomic E-state index is 0.0157. The van der Waals surface area contributed by atoms with Gasteiger partial charge < -0.3 is 9.47 Å². The molecular weight excluding hydrogens is 434 g/mol. The molecular formula is C23H26BrNO4. The Hall–Kier alpha value is -2.34. The number of amides is 1. The van der Waals surface area contributed by atoms with E-state index in [9.17, 15) is 9.59 Å². The summed E-state index contributed by atoms with van der Waals surface area (Å²) in [5.41, 5.74) is 2.48. The molecule has 0 atom stereocenters. The van der Waals surface area contributed by atoms with Crippen LogP contribution in [0, 0.1) is 0 Å². The average molecular weight is 460 g/mol. The van der Waals surface area contributed by atoms with Gasteiger partial charge in [0.15, 0.2) is 5.78 Å². The van der Waals surface area contributed by atoms with Gasteiger partial charge in [0, 0.05) is 16.0 Å². The fourth-order valence-corrected chi connectivity index (χ4v) is 3.84. The third-order valence-electron chi connectivity index (χ3n) is 4.77. The van der Waals surface area contributed by atoms with Crippen molar-refractivity contribution in [3.05, 3.63) is 52.0 Å². The molecule has 154 valence electrons. The maximum atomic E-state index is 13.2. The van der Waals surface area contributed by atoms with Gasteiger partial charge in [0.05, 0.1) is 11.4 Å². The van der Waals surface area contributed by atoms with Gasteiger partial charge in [0.25, 0.3) is 0 Å². The summed E-state index contributed by atoms with van der Waals surface area (Å²) in [6.07, 6.45) is -0.457. The zero-order chi connectivity index (χ0) is 21.6. The average Bonchev–Trinajstić information content (AvgIpc) is 2.59. The Morgan fingerprint density at radius 1 is 1.03 bits per heavy atom. The van der Waals surface area contributed by atoms with Crippen LogP contribution in [0.4, 0.5) is 16.2 Å². The lowest BCUT2D eigenvalue weighted by Gasteiger charge is -2.41. The fraction of sp³-hybridized carbons (Fsp3) is 0.391. The summed E-state index contributed by atoms with van der Waals surface area (Å²) in [6, 6.07) is 11.4. The molecule has 0 saturated carbocycles. The van der Waals surface area contributed by atoms with Crippen LogP contribution in [-0.2, 0) is 14.9 Å². The maximum absolute atomic E-state index is 13.2. The molecule has 3 rings (SSSR count). The van der Waals surface area contributed by atoms with Crippen molar-refractivity contribution in [2.24, 2.45) is 0 Å². The molecule has 1 aliphatic heterocycles. The van der Waals surface area contributed by atoms with Gasteiger partial charge in [-0.25, -0.2) is 9.69 Å². The molecule has 0 saturated heterocycles. The zero-order valence-electron chi connectivity index (χ0n) is 17.6. The molecule has 1 heterocycles. The van der Waals surface area contributed by atoms with Gasteiger partial charge in [-0.15, -0.1) is 0 Å². The summed E-state index contributed by atoms with van der Waals surface area (Å²) in [5.74, 6) is 0.464. The highest BCUT2D eigenvalue weighted by Crippen LogP contribution is 2.50. The van der Waals surface area contributed by atoms with E-state index in [-0.39, 0.29) is 17.8 Å². The van der Waals surface area contributed by atoms with Gasteiger partial charge in [-0.2, -0.15) is 0 Å². The molecule has 0 N–H and O–H groups in total. The van der Waals surface area contributed by atoms with Gasteiger partial charge in [-0.05, 0) is 63.1 Å². The molecule has 1 aliphatic rings. The predicted molar refractivity (Wildman–Crippen MR) is 117 cm³/mol. The van der Waals surface area contributed by atoms with E-state index in [0.717, 1.165) is 21.3 Å². The molecule has 29 heavy (non-hydrogen) atoms. The molecule has 0 unspecified atom stereocenters. The molecule has 0 spiro atoms. The second-order valence-corrected chi connectivity index (χ2v) is 9.69. The first-order valence-corrected chi connectivity index (χ1v) is 10.3. The Labute approximate surface area is 180 Å². The molecule has 6 heteroatoms. The molecule has 0 radical (unpaired) electrons. The normalized spacial score (nSPS) is 14.7. The van der Waals surface area contributed by atoms with E-state index in [4.69, 9.17) is 9.47 Å². The summed E-state index contributed by atoms with van der Waals surface area (Å²) in [4.78, 5) is 26.1. The lowest BCUT2D eigenvalue weighted by Crippen LogP contribution is -2.39. The summed E-state index contributed by atoms with van der Waals surface area (Å²) in [7, 11) is 0. The number of halogens is 1. The second kappa shape index (κ2) is 7.48. The van der Waals surface area contributed by atoms with Gasteiger partial charge >= 0.3 is 6.09 Å². The predicted octanol–water partition coefficient (Wildman–Crippen LogP) is 6.13. The number of ketones is 1. The van der Waals surface area contributed by atoms with Crippen molar-refractivity contribution in [2.45, 2.75) is 52.6 Å². The van der Waals surface area contributed by atoms with Crippen LogP contribution in [0.1, 0.15) is 52.7 Å².